The smallest absolute Gasteiger partial charge is 0.232 e. The van der Waals surface area contributed by atoms with Crippen molar-refractivity contribution in [3.05, 3.63) is 64.7 Å². The molecule has 0 saturated heterocycles. The lowest BCUT2D eigenvalue weighted by atomic mass is 10.1. The third-order valence-electron chi connectivity index (χ3n) is 4.86. The Kier molecular flexibility index (Phi) is 9.66. The summed E-state index contributed by atoms with van der Waals surface area (Å²) in [5.74, 6) is -0.0765. The molecule has 0 aromatic heterocycles. The van der Waals surface area contributed by atoms with Gasteiger partial charge in [-0.25, -0.2) is 8.42 Å². The summed E-state index contributed by atoms with van der Waals surface area (Å²) in [7, 11) is -3.41. The first-order valence-corrected chi connectivity index (χ1v) is 12.6. The Morgan fingerprint density at radius 1 is 0.967 bits per heavy atom. The average molecular weight is 451 g/mol. The van der Waals surface area contributed by atoms with E-state index in [0.29, 0.717) is 23.7 Å². The lowest BCUT2D eigenvalue weighted by Crippen LogP contribution is -2.32. The predicted octanol–water partition coefficient (Wildman–Crippen LogP) is 4.59. The lowest BCUT2D eigenvalue weighted by Gasteiger charge is -2.22. The van der Waals surface area contributed by atoms with Gasteiger partial charge >= 0.3 is 0 Å². The number of benzene rings is 2. The standard InChI is InChI=1S/C23H31ClN2O3S/c1-3-4-6-19-10-14-22(15-11-19)26(30(2,28)29)18-5-7-23(27)25-17-16-20-8-12-21(24)13-9-20/h8-15H,3-7,16-18H2,1-2H3,(H,25,27). The van der Waals surface area contributed by atoms with Crippen LogP contribution in [0.2, 0.25) is 5.02 Å². The largest absolute Gasteiger partial charge is 0.356 e. The van der Waals surface area contributed by atoms with Crippen LogP contribution in [0.1, 0.15) is 43.7 Å². The van der Waals surface area contributed by atoms with Crippen molar-refractivity contribution in [2.24, 2.45) is 0 Å². The maximum Gasteiger partial charge on any atom is 0.232 e. The van der Waals surface area contributed by atoms with Crippen LogP contribution < -0.4 is 9.62 Å². The molecule has 7 heteroatoms. The fourth-order valence-corrected chi connectivity index (χ4v) is 4.26. The quantitative estimate of drug-likeness (QED) is 0.514. The zero-order valence-corrected chi connectivity index (χ0v) is 19.3. The maximum absolute atomic E-state index is 12.2. The van der Waals surface area contributed by atoms with Gasteiger partial charge in [0.1, 0.15) is 0 Å². The van der Waals surface area contributed by atoms with Crippen LogP contribution in [0.15, 0.2) is 48.5 Å². The van der Waals surface area contributed by atoms with Gasteiger partial charge in [0, 0.05) is 24.5 Å². The van der Waals surface area contributed by atoms with Gasteiger partial charge in [-0.2, -0.15) is 0 Å². The second-order valence-corrected chi connectivity index (χ2v) is 9.78. The van der Waals surface area contributed by atoms with Crippen molar-refractivity contribution in [1.29, 1.82) is 0 Å². The number of hydrogen-bond donors (Lipinski definition) is 1. The van der Waals surface area contributed by atoms with Gasteiger partial charge in [0.25, 0.3) is 0 Å². The minimum Gasteiger partial charge on any atom is -0.356 e. The van der Waals surface area contributed by atoms with Gasteiger partial charge in [-0.3, -0.25) is 9.10 Å². The molecule has 2 rings (SSSR count). The molecule has 2 aromatic carbocycles. The summed E-state index contributed by atoms with van der Waals surface area (Å²) >= 11 is 5.87. The zero-order chi connectivity index (χ0) is 22.0. The van der Waals surface area contributed by atoms with Gasteiger partial charge in [-0.1, -0.05) is 49.2 Å². The van der Waals surface area contributed by atoms with Crippen LogP contribution in [0.5, 0.6) is 0 Å². The van der Waals surface area contributed by atoms with E-state index in [1.54, 1.807) is 0 Å². The highest BCUT2D eigenvalue weighted by atomic mass is 35.5. The Labute approximate surface area is 185 Å². The van der Waals surface area contributed by atoms with Crippen molar-refractivity contribution in [3.8, 4) is 0 Å². The lowest BCUT2D eigenvalue weighted by molar-refractivity contribution is -0.121. The van der Waals surface area contributed by atoms with E-state index in [4.69, 9.17) is 11.6 Å². The molecule has 164 valence electrons. The number of nitrogens with zero attached hydrogens (tertiary/aromatic N) is 1. The zero-order valence-electron chi connectivity index (χ0n) is 17.7. The van der Waals surface area contributed by atoms with Crippen LogP contribution in [0.25, 0.3) is 0 Å². The summed E-state index contributed by atoms with van der Waals surface area (Å²) in [5, 5.41) is 3.57. The minimum atomic E-state index is -3.41. The first-order chi connectivity index (χ1) is 14.3. The highest BCUT2D eigenvalue weighted by molar-refractivity contribution is 7.92. The second-order valence-electron chi connectivity index (χ2n) is 7.44. The van der Waals surface area contributed by atoms with Crippen molar-refractivity contribution in [2.75, 3.05) is 23.7 Å². The third kappa shape index (κ3) is 8.36. The van der Waals surface area contributed by atoms with Crippen LogP contribution in [-0.4, -0.2) is 33.7 Å². The number of carbonyl (C=O) groups is 1. The SMILES string of the molecule is CCCCc1ccc(N(CCCC(=O)NCCc2ccc(Cl)cc2)S(C)(=O)=O)cc1. The molecule has 1 N–H and O–H groups in total. The van der Waals surface area contributed by atoms with E-state index >= 15 is 0 Å². The Balaban J connectivity index is 1.81. The number of carbonyl (C=O) groups excluding carboxylic acids is 1. The van der Waals surface area contributed by atoms with Gasteiger partial charge in [-0.15, -0.1) is 0 Å². The molecule has 2 aromatic rings. The number of halogens is 1. The molecule has 0 aliphatic carbocycles. The summed E-state index contributed by atoms with van der Waals surface area (Å²) in [6, 6.07) is 15.2. The van der Waals surface area contributed by atoms with Gasteiger partial charge < -0.3 is 5.32 Å². The second kappa shape index (κ2) is 12.0. The van der Waals surface area contributed by atoms with Gasteiger partial charge in [0.05, 0.1) is 11.9 Å². The number of hydrogen-bond acceptors (Lipinski definition) is 3. The summed E-state index contributed by atoms with van der Waals surface area (Å²) in [4.78, 5) is 12.1. The van der Waals surface area contributed by atoms with Crippen molar-refractivity contribution in [2.45, 2.75) is 45.4 Å². The fourth-order valence-electron chi connectivity index (χ4n) is 3.17. The summed E-state index contributed by atoms with van der Waals surface area (Å²) in [5.41, 5.74) is 2.94. The van der Waals surface area contributed by atoms with Crippen LogP contribution in [0, 0.1) is 0 Å². The Hall–Kier alpha value is -2.05. The van der Waals surface area contributed by atoms with Crippen LogP contribution in [-0.2, 0) is 27.7 Å². The number of unbranched alkanes of at least 4 members (excludes halogenated alkanes) is 1. The van der Waals surface area contributed by atoms with Crippen molar-refractivity contribution >= 4 is 33.2 Å². The van der Waals surface area contributed by atoms with Gasteiger partial charge in [-0.05, 0) is 61.1 Å². The van der Waals surface area contributed by atoms with E-state index in [-0.39, 0.29) is 18.9 Å². The molecule has 5 nitrogen and oxygen atoms in total. The highest BCUT2D eigenvalue weighted by Gasteiger charge is 2.17. The first kappa shape index (κ1) is 24.2. The maximum atomic E-state index is 12.2. The molecule has 0 unspecified atom stereocenters. The topological polar surface area (TPSA) is 66.5 Å². The molecule has 0 aliphatic heterocycles. The van der Waals surface area contributed by atoms with E-state index in [1.807, 2.05) is 48.5 Å². The van der Waals surface area contributed by atoms with Crippen LogP contribution in [0.4, 0.5) is 5.69 Å². The summed E-state index contributed by atoms with van der Waals surface area (Å²) < 4.78 is 25.8. The molecule has 0 aliphatic rings. The molecule has 0 saturated carbocycles. The molecule has 0 bridgehead atoms. The van der Waals surface area contributed by atoms with Crippen molar-refractivity contribution in [1.82, 2.24) is 5.32 Å². The van der Waals surface area contributed by atoms with Gasteiger partial charge in [0.15, 0.2) is 0 Å². The van der Waals surface area contributed by atoms with E-state index in [2.05, 4.69) is 12.2 Å². The highest BCUT2D eigenvalue weighted by Crippen LogP contribution is 2.20. The van der Waals surface area contributed by atoms with E-state index in [1.165, 1.54) is 16.1 Å². The van der Waals surface area contributed by atoms with Crippen LogP contribution >= 0.6 is 11.6 Å². The van der Waals surface area contributed by atoms with Crippen molar-refractivity contribution in [3.63, 3.8) is 0 Å². The number of nitrogens with one attached hydrogen (secondary N) is 1. The normalized spacial score (nSPS) is 11.3. The minimum absolute atomic E-state index is 0.0765. The molecular formula is C23H31ClN2O3S. The number of aryl methyl sites for hydroxylation is 1. The predicted molar refractivity (Wildman–Crippen MR) is 125 cm³/mol. The number of sulfonamides is 1. The molecule has 1 amide bonds. The number of anilines is 1. The monoisotopic (exact) mass is 450 g/mol. The average Bonchev–Trinajstić information content (AvgIpc) is 2.71. The summed E-state index contributed by atoms with van der Waals surface area (Å²) in [6.45, 7) is 2.96. The molecule has 0 heterocycles. The molecule has 0 radical (unpaired) electrons. The molecular weight excluding hydrogens is 420 g/mol. The third-order valence-corrected chi connectivity index (χ3v) is 6.30. The van der Waals surface area contributed by atoms with Crippen molar-refractivity contribution < 1.29 is 13.2 Å². The Bertz CT molecular complexity index is 897. The van der Waals surface area contributed by atoms with E-state index < -0.39 is 10.0 Å². The van der Waals surface area contributed by atoms with Gasteiger partial charge in [0.2, 0.25) is 15.9 Å². The van der Waals surface area contributed by atoms with E-state index in [9.17, 15) is 13.2 Å². The summed E-state index contributed by atoms with van der Waals surface area (Å²) in [6.07, 6.45) is 5.89. The molecule has 30 heavy (non-hydrogen) atoms. The molecule has 0 spiro atoms. The number of rotatable bonds is 12. The molecule has 0 atom stereocenters. The molecule has 0 fully saturated rings. The van der Waals surface area contributed by atoms with Crippen LogP contribution in [0.3, 0.4) is 0 Å². The fraction of sp³-hybridized carbons (Fsp3) is 0.435. The Morgan fingerprint density at radius 2 is 1.57 bits per heavy atom. The number of amides is 1. The van der Waals surface area contributed by atoms with E-state index in [0.717, 1.165) is 31.2 Å². The Morgan fingerprint density at radius 3 is 2.17 bits per heavy atom. The first-order valence-electron chi connectivity index (χ1n) is 10.4.